The van der Waals surface area contributed by atoms with Gasteiger partial charge < -0.3 is 4.90 Å². The second-order valence-corrected chi connectivity index (χ2v) is 4.31. The molecule has 0 radical (unpaired) electrons. The van der Waals surface area contributed by atoms with Crippen LogP contribution in [0.1, 0.15) is 6.42 Å². The first kappa shape index (κ1) is 9.82. The predicted molar refractivity (Wildman–Crippen MR) is 60.8 cm³/mol. The van der Waals surface area contributed by atoms with E-state index in [0.29, 0.717) is 12.5 Å². The largest absolute Gasteiger partial charge is 0.334 e. The third-order valence-electron chi connectivity index (χ3n) is 2.00. The highest BCUT2D eigenvalue weighted by molar-refractivity contribution is 14.1. The van der Waals surface area contributed by atoms with Gasteiger partial charge in [-0.15, -0.1) is 0 Å². The lowest BCUT2D eigenvalue weighted by atomic mass is 10.2. The zero-order valence-corrected chi connectivity index (χ0v) is 9.61. The smallest absolute Gasteiger partial charge is 0.225 e. The Bertz CT molecular complexity index is 350. The van der Waals surface area contributed by atoms with Crippen molar-refractivity contribution in [1.29, 1.82) is 0 Å². The highest BCUT2D eigenvalue weighted by Crippen LogP contribution is 2.16. The SMILES string of the molecule is FC1=CCCN(c2ncc(I)cn2)C1. The van der Waals surface area contributed by atoms with Crippen LogP contribution in [0.5, 0.6) is 0 Å². The van der Waals surface area contributed by atoms with Gasteiger partial charge in [-0.1, -0.05) is 0 Å². The molecule has 0 aromatic carbocycles. The van der Waals surface area contributed by atoms with E-state index in [1.807, 2.05) is 4.90 Å². The zero-order valence-electron chi connectivity index (χ0n) is 7.45. The van der Waals surface area contributed by atoms with E-state index in [-0.39, 0.29) is 5.83 Å². The molecule has 0 fully saturated rings. The number of nitrogens with zero attached hydrogens (tertiary/aromatic N) is 3. The molecule has 0 saturated heterocycles. The van der Waals surface area contributed by atoms with E-state index >= 15 is 0 Å². The molecule has 1 aliphatic heterocycles. The molecular formula is C9H9FIN3. The van der Waals surface area contributed by atoms with Crippen molar-refractivity contribution < 1.29 is 4.39 Å². The molecule has 5 heteroatoms. The number of anilines is 1. The average molecular weight is 305 g/mol. The van der Waals surface area contributed by atoms with E-state index in [4.69, 9.17) is 0 Å². The summed E-state index contributed by atoms with van der Waals surface area (Å²) in [4.78, 5) is 10.1. The predicted octanol–water partition coefficient (Wildman–Crippen LogP) is 2.14. The minimum absolute atomic E-state index is 0.0987. The normalized spacial score (nSPS) is 16.7. The summed E-state index contributed by atoms with van der Waals surface area (Å²) in [5, 5.41) is 0. The quantitative estimate of drug-likeness (QED) is 0.745. The molecule has 0 saturated carbocycles. The molecule has 2 heterocycles. The van der Waals surface area contributed by atoms with Gasteiger partial charge in [-0.2, -0.15) is 0 Å². The maximum absolute atomic E-state index is 13.0. The van der Waals surface area contributed by atoms with Crippen LogP contribution in [-0.2, 0) is 0 Å². The Balaban J connectivity index is 2.16. The van der Waals surface area contributed by atoms with E-state index in [9.17, 15) is 4.39 Å². The summed E-state index contributed by atoms with van der Waals surface area (Å²) in [7, 11) is 0. The van der Waals surface area contributed by atoms with Crippen LogP contribution in [0, 0.1) is 3.57 Å². The lowest BCUT2D eigenvalue weighted by Gasteiger charge is -2.24. The highest BCUT2D eigenvalue weighted by atomic mass is 127. The fourth-order valence-electron chi connectivity index (χ4n) is 1.34. The lowest BCUT2D eigenvalue weighted by Crippen LogP contribution is -2.30. The summed E-state index contributed by atoms with van der Waals surface area (Å²) < 4.78 is 13.9. The standard InChI is InChI=1S/C9H9FIN3/c10-7-2-1-3-14(6-7)9-12-4-8(11)5-13-9/h2,4-5H,1,3,6H2. The average Bonchev–Trinajstić information content (AvgIpc) is 2.19. The molecule has 0 bridgehead atoms. The monoisotopic (exact) mass is 305 g/mol. The Morgan fingerprint density at radius 2 is 2.07 bits per heavy atom. The topological polar surface area (TPSA) is 29.0 Å². The summed E-state index contributed by atoms with van der Waals surface area (Å²) in [6.45, 7) is 1.08. The summed E-state index contributed by atoms with van der Waals surface area (Å²) in [6, 6.07) is 0. The number of rotatable bonds is 1. The van der Waals surface area contributed by atoms with Gasteiger partial charge in [0.25, 0.3) is 0 Å². The molecule has 0 unspecified atom stereocenters. The summed E-state index contributed by atoms with van der Waals surface area (Å²) in [6.07, 6.45) is 5.81. The first-order valence-corrected chi connectivity index (χ1v) is 5.40. The van der Waals surface area contributed by atoms with Crippen LogP contribution in [0.4, 0.5) is 10.3 Å². The number of halogens is 2. The maximum atomic E-state index is 13.0. The molecule has 0 spiro atoms. The van der Waals surface area contributed by atoms with Crippen molar-refractivity contribution in [3.05, 3.63) is 27.9 Å². The molecular weight excluding hydrogens is 296 g/mol. The Morgan fingerprint density at radius 1 is 1.36 bits per heavy atom. The van der Waals surface area contributed by atoms with Crippen LogP contribution < -0.4 is 4.90 Å². The Morgan fingerprint density at radius 3 is 2.71 bits per heavy atom. The van der Waals surface area contributed by atoms with E-state index in [0.717, 1.165) is 16.5 Å². The Labute approximate surface area is 95.2 Å². The van der Waals surface area contributed by atoms with Gasteiger partial charge in [-0.25, -0.2) is 14.4 Å². The van der Waals surface area contributed by atoms with Gasteiger partial charge in [0.2, 0.25) is 5.95 Å². The van der Waals surface area contributed by atoms with E-state index in [1.165, 1.54) is 0 Å². The summed E-state index contributed by atoms with van der Waals surface area (Å²) >= 11 is 2.14. The van der Waals surface area contributed by atoms with Gasteiger partial charge in [0.05, 0.1) is 6.54 Å². The molecule has 0 aliphatic carbocycles. The molecule has 0 amide bonds. The van der Waals surface area contributed by atoms with Gasteiger partial charge in [-0.3, -0.25) is 0 Å². The molecule has 74 valence electrons. The molecule has 1 aromatic heterocycles. The first-order chi connectivity index (χ1) is 6.75. The van der Waals surface area contributed by atoms with E-state index < -0.39 is 0 Å². The molecule has 1 aromatic rings. The van der Waals surface area contributed by atoms with Gasteiger partial charge in [0.1, 0.15) is 5.83 Å². The number of hydrogen-bond acceptors (Lipinski definition) is 3. The Kier molecular flexibility index (Phi) is 2.95. The molecule has 3 nitrogen and oxygen atoms in total. The maximum Gasteiger partial charge on any atom is 0.225 e. The summed E-state index contributed by atoms with van der Waals surface area (Å²) in [5.74, 6) is 0.507. The molecule has 2 rings (SSSR count). The van der Waals surface area contributed by atoms with Crippen LogP contribution >= 0.6 is 22.6 Å². The van der Waals surface area contributed by atoms with Crippen LogP contribution in [0.15, 0.2) is 24.3 Å². The Hall–Kier alpha value is -0.720. The van der Waals surface area contributed by atoms with Crippen LogP contribution in [0.3, 0.4) is 0 Å². The minimum atomic E-state index is -0.0987. The van der Waals surface area contributed by atoms with Crippen LogP contribution in [-0.4, -0.2) is 23.1 Å². The zero-order chi connectivity index (χ0) is 9.97. The van der Waals surface area contributed by atoms with Crippen molar-refractivity contribution in [2.45, 2.75) is 6.42 Å². The second-order valence-electron chi connectivity index (χ2n) is 3.06. The lowest BCUT2D eigenvalue weighted by molar-refractivity contribution is 0.570. The van der Waals surface area contributed by atoms with Crippen LogP contribution in [0.25, 0.3) is 0 Å². The fraction of sp³-hybridized carbons (Fsp3) is 0.333. The third-order valence-corrected chi connectivity index (χ3v) is 2.55. The molecule has 14 heavy (non-hydrogen) atoms. The van der Waals surface area contributed by atoms with Crippen LogP contribution in [0.2, 0.25) is 0 Å². The van der Waals surface area contributed by atoms with E-state index in [1.54, 1.807) is 18.5 Å². The van der Waals surface area contributed by atoms with Crippen molar-refractivity contribution in [3.63, 3.8) is 0 Å². The van der Waals surface area contributed by atoms with Crippen molar-refractivity contribution in [1.82, 2.24) is 9.97 Å². The van der Waals surface area contributed by atoms with Gasteiger partial charge in [-0.05, 0) is 35.1 Å². The molecule has 0 N–H and O–H groups in total. The van der Waals surface area contributed by atoms with Crippen molar-refractivity contribution in [2.24, 2.45) is 0 Å². The van der Waals surface area contributed by atoms with Crippen molar-refractivity contribution >= 4 is 28.5 Å². The molecule has 0 atom stereocenters. The third kappa shape index (κ3) is 2.20. The number of aromatic nitrogens is 2. The van der Waals surface area contributed by atoms with Crippen molar-refractivity contribution in [3.8, 4) is 0 Å². The molecule has 1 aliphatic rings. The van der Waals surface area contributed by atoms with Gasteiger partial charge in [0, 0.05) is 22.5 Å². The summed E-state index contributed by atoms with van der Waals surface area (Å²) in [5.41, 5.74) is 0. The number of hydrogen-bond donors (Lipinski definition) is 0. The van der Waals surface area contributed by atoms with E-state index in [2.05, 4.69) is 32.6 Å². The fourth-order valence-corrected chi connectivity index (χ4v) is 1.62. The van der Waals surface area contributed by atoms with Gasteiger partial charge >= 0.3 is 0 Å². The minimum Gasteiger partial charge on any atom is -0.334 e. The second kappa shape index (κ2) is 4.20. The first-order valence-electron chi connectivity index (χ1n) is 4.33. The van der Waals surface area contributed by atoms with Gasteiger partial charge in [0.15, 0.2) is 0 Å². The van der Waals surface area contributed by atoms with Crippen molar-refractivity contribution in [2.75, 3.05) is 18.0 Å². The highest BCUT2D eigenvalue weighted by Gasteiger charge is 2.14.